The molecule has 0 fully saturated rings. The molecule has 1 aromatic rings. The fourth-order valence-electron chi connectivity index (χ4n) is 2.17. The van der Waals surface area contributed by atoms with E-state index >= 15 is 0 Å². The van der Waals surface area contributed by atoms with Crippen molar-refractivity contribution in [1.82, 2.24) is 5.32 Å². The van der Waals surface area contributed by atoms with Crippen molar-refractivity contribution in [1.29, 1.82) is 0 Å². The number of carboxylic acid groups (broad SMARTS) is 1. The van der Waals surface area contributed by atoms with E-state index in [4.69, 9.17) is 5.11 Å². The van der Waals surface area contributed by atoms with Crippen molar-refractivity contribution in [2.45, 2.75) is 31.9 Å². The zero-order valence-corrected chi connectivity index (χ0v) is 12.5. The van der Waals surface area contributed by atoms with Crippen molar-refractivity contribution in [3.8, 4) is 0 Å². The normalized spacial score (nSPS) is 14.5. The van der Waals surface area contributed by atoms with Gasteiger partial charge in [0.25, 0.3) is 0 Å². The van der Waals surface area contributed by atoms with Gasteiger partial charge in [0.05, 0.1) is 12.5 Å². The molecule has 0 aliphatic rings. The fourth-order valence-corrected chi connectivity index (χ4v) is 2.17. The standard InChI is InChI=1S/C15H18F5NO2/c1-9(14(22)23)5-6-10(7-21-8-15(18,19)20)11-3-2-4-12(16)13(11)17/h2-4,9-10,21H,5-8H2,1H3,(H,22,23). The average molecular weight is 339 g/mol. The topological polar surface area (TPSA) is 49.3 Å². The van der Waals surface area contributed by atoms with E-state index in [-0.39, 0.29) is 24.9 Å². The SMILES string of the molecule is CC(CCC(CNCC(F)(F)F)c1cccc(F)c1F)C(=O)O. The third kappa shape index (κ3) is 6.52. The summed E-state index contributed by atoms with van der Waals surface area (Å²) in [6.45, 7) is -0.0361. The van der Waals surface area contributed by atoms with Gasteiger partial charge in [0.15, 0.2) is 11.6 Å². The molecule has 130 valence electrons. The molecular weight excluding hydrogens is 321 g/mol. The van der Waals surface area contributed by atoms with Crippen molar-refractivity contribution < 1.29 is 31.9 Å². The van der Waals surface area contributed by atoms with Crippen LogP contribution < -0.4 is 5.32 Å². The molecule has 1 aromatic carbocycles. The molecule has 0 aliphatic heterocycles. The van der Waals surface area contributed by atoms with Crippen LogP contribution >= 0.6 is 0 Å². The van der Waals surface area contributed by atoms with Crippen LogP contribution in [0.4, 0.5) is 22.0 Å². The smallest absolute Gasteiger partial charge is 0.401 e. The van der Waals surface area contributed by atoms with Gasteiger partial charge in [0.2, 0.25) is 0 Å². The van der Waals surface area contributed by atoms with Gasteiger partial charge in [-0.3, -0.25) is 4.79 Å². The van der Waals surface area contributed by atoms with Gasteiger partial charge in [0.1, 0.15) is 0 Å². The Morgan fingerprint density at radius 1 is 1.26 bits per heavy atom. The lowest BCUT2D eigenvalue weighted by atomic mass is 9.90. The second-order valence-electron chi connectivity index (χ2n) is 5.40. The molecule has 0 spiro atoms. The maximum Gasteiger partial charge on any atom is 0.401 e. The van der Waals surface area contributed by atoms with Gasteiger partial charge in [-0.1, -0.05) is 19.1 Å². The second kappa shape index (κ2) is 8.24. The molecule has 1 rings (SSSR count). The van der Waals surface area contributed by atoms with Gasteiger partial charge in [0, 0.05) is 6.54 Å². The molecule has 2 atom stereocenters. The number of aliphatic carboxylic acids is 1. The number of hydrogen-bond donors (Lipinski definition) is 2. The first-order chi connectivity index (χ1) is 10.6. The quantitative estimate of drug-likeness (QED) is 0.710. The summed E-state index contributed by atoms with van der Waals surface area (Å²) in [5.74, 6) is -4.73. The van der Waals surface area contributed by atoms with Crippen molar-refractivity contribution in [2.24, 2.45) is 5.92 Å². The van der Waals surface area contributed by atoms with Gasteiger partial charge in [-0.05, 0) is 30.4 Å². The van der Waals surface area contributed by atoms with Gasteiger partial charge < -0.3 is 10.4 Å². The first-order valence-electron chi connectivity index (χ1n) is 7.06. The number of halogens is 5. The van der Waals surface area contributed by atoms with Crippen molar-refractivity contribution in [2.75, 3.05) is 13.1 Å². The number of carbonyl (C=O) groups is 1. The number of hydrogen-bond acceptors (Lipinski definition) is 2. The Morgan fingerprint density at radius 3 is 2.48 bits per heavy atom. The Hall–Kier alpha value is -1.70. The van der Waals surface area contributed by atoms with Crippen LogP contribution in [0, 0.1) is 17.6 Å². The molecule has 0 heterocycles. The van der Waals surface area contributed by atoms with Crippen LogP contribution in [0.1, 0.15) is 31.2 Å². The third-order valence-corrected chi connectivity index (χ3v) is 3.51. The molecule has 0 radical (unpaired) electrons. The fraction of sp³-hybridized carbons (Fsp3) is 0.533. The summed E-state index contributed by atoms with van der Waals surface area (Å²) < 4.78 is 63.8. The molecular formula is C15H18F5NO2. The molecule has 0 aliphatic carbocycles. The van der Waals surface area contributed by atoms with E-state index in [9.17, 15) is 26.7 Å². The zero-order chi connectivity index (χ0) is 17.6. The van der Waals surface area contributed by atoms with Gasteiger partial charge in [-0.25, -0.2) is 8.78 Å². The minimum atomic E-state index is -4.42. The van der Waals surface area contributed by atoms with Gasteiger partial charge >= 0.3 is 12.1 Å². The maximum atomic E-state index is 13.9. The summed E-state index contributed by atoms with van der Waals surface area (Å²) in [6.07, 6.45) is -4.15. The van der Waals surface area contributed by atoms with Crippen LogP contribution in [0.15, 0.2) is 18.2 Å². The summed E-state index contributed by atoms with van der Waals surface area (Å²) >= 11 is 0. The number of carboxylic acids is 1. The minimum absolute atomic E-state index is 0.0581. The Kier molecular flexibility index (Phi) is 6.93. The minimum Gasteiger partial charge on any atom is -0.481 e. The van der Waals surface area contributed by atoms with Crippen molar-refractivity contribution >= 4 is 5.97 Å². The summed E-state index contributed by atoms with van der Waals surface area (Å²) in [6, 6.07) is 3.48. The number of rotatable bonds is 8. The van der Waals surface area contributed by atoms with E-state index in [0.29, 0.717) is 0 Å². The Bertz CT molecular complexity index is 533. The number of alkyl halides is 3. The first kappa shape index (κ1) is 19.3. The predicted molar refractivity (Wildman–Crippen MR) is 74.1 cm³/mol. The lowest BCUT2D eigenvalue weighted by molar-refractivity contribution is -0.141. The lowest BCUT2D eigenvalue weighted by Gasteiger charge is -2.20. The zero-order valence-electron chi connectivity index (χ0n) is 12.5. The molecule has 0 saturated carbocycles. The molecule has 0 aromatic heterocycles. The Morgan fingerprint density at radius 2 is 1.91 bits per heavy atom. The van der Waals surface area contributed by atoms with Crippen LogP contribution in [0.5, 0.6) is 0 Å². The number of nitrogens with one attached hydrogen (secondary N) is 1. The molecule has 0 amide bonds. The Labute approximate surface area is 130 Å². The maximum absolute atomic E-state index is 13.9. The van der Waals surface area contributed by atoms with E-state index in [0.717, 1.165) is 6.07 Å². The highest BCUT2D eigenvalue weighted by Gasteiger charge is 2.28. The molecule has 8 heteroatoms. The third-order valence-electron chi connectivity index (χ3n) is 3.51. The summed E-state index contributed by atoms with van der Waals surface area (Å²) in [4.78, 5) is 10.8. The lowest BCUT2D eigenvalue weighted by Crippen LogP contribution is -2.32. The van der Waals surface area contributed by atoms with E-state index in [2.05, 4.69) is 5.32 Å². The molecule has 2 unspecified atom stereocenters. The molecule has 0 saturated heterocycles. The van der Waals surface area contributed by atoms with E-state index in [1.54, 1.807) is 0 Å². The highest BCUT2D eigenvalue weighted by Crippen LogP contribution is 2.27. The highest BCUT2D eigenvalue weighted by molar-refractivity contribution is 5.69. The number of benzene rings is 1. The largest absolute Gasteiger partial charge is 0.481 e. The van der Waals surface area contributed by atoms with E-state index < -0.39 is 42.2 Å². The molecule has 0 bridgehead atoms. The first-order valence-corrected chi connectivity index (χ1v) is 7.06. The molecule has 23 heavy (non-hydrogen) atoms. The summed E-state index contributed by atoms with van der Waals surface area (Å²) in [5.41, 5.74) is -0.0581. The van der Waals surface area contributed by atoms with E-state index in [1.165, 1.54) is 19.1 Å². The molecule has 3 nitrogen and oxygen atoms in total. The van der Waals surface area contributed by atoms with Gasteiger partial charge in [-0.2, -0.15) is 13.2 Å². The van der Waals surface area contributed by atoms with E-state index in [1.807, 2.05) is 0 Å². The average Bonchev–Trinajstić information content (AvgIpc) is 2.44. The summed E-state index contributed by atoms with van der Waals surface area (Å²) in [7, 11) is 0. The second-order valence-corrected chi connectivity index (χ2v) is 5.40. The molecule has 2 N–H and O–H groups in total. The van der Waals surface area contributed by atoms with Gasteiger partial charge in [-0.15, -0.1) is 0 Å². The van der Waals surface area contributed by atoms with Crippen LogP contribution in [-0.4, -0.2) is 30.3 Å². The monoisotopic (exact) mass is 339 g/mol. The Balaban J connectivity index is 2.83. The van der Waals surface area contributed by atoms with Crippen LogP contribution in [0.2, 0.25) is 0 Å². The van der Waals surface area contributed by atoms with Crippen LogP contribution in [-0.2, 0) is 4.79 Å². The summed E-state index contributed by atoms with van der Waals surface area (Å²) in [5, 5.41) is 11.0. The van der Waals surface area contributed by atoms with Crippen LogP contribution in [0.3, 0.4) is 0 Å². The predicted octanol–water partition coefficient (Wildman–Crippen LogP) is 3.70. The van der Waals surface area contributed by atoms with Crippen molar-refractivity contribution in [3.63, 3.8) is 0 Å². The van der Waals surface area contributed by atoms with Crippen molar-refractivity contribution in [3.05, 3.63) is 35.4 Å². The highest BCUT2D eigenvalue weighted by atomic mass is 19.4. The van der Waals surface area contributed by atoms with Crippen LogP contribution in [0.25, 0.3) is 0 Å².